The zero-order chi connectivity index (χ0) is 26.4. The number of methoxy groups -OCH3 is 5. The van der Waals surface area contributed by atoms with Crippen LogP contribution < -0.4 is 38.5 Å². The van der Waals surface area contributed by atoms with Gasteiger partial charge in [-0.05, 0) is 54.8 Å². The highest BCUT2D eigenvalue weighted by Gasteiger charge is 2.27. The Labute approximate surface area is 216 Å². The molecule has 0 fully saturated rings. The zero-order valence-corrected chi connectivity index (χ0v) is 21.6. The van der Waals surface area contributed by atoms with E-state index in [0.717, 1.165) is 24.0 Å². The number of carbonyl (C=O) groups is 1. The third kappa shape index (κ3) is 5.77. The molecule has 1 amide bonds. The molecule has 1 aliphatic heterocycles. The van der Waals surface area contributed by atoms with Gasteiger partial charge in [-0.1, -0.05) is 0 Å². The summed E-state index contributed by atoms with van der Waals surface area (Å²) in [5.74, 6) is 3.80. The number of anilines is 1. The van der Waals surface area contributed by atoms with Gasteiger partial charge in [0.05, 0.1) is 35.5 Å². The molecule has 0 aromatic heterocycles. The Kier molecular flexibility index (Phi) is 8.12. The van der Waals surface area contributed by atoms with E-state index in [4.69, 9.17) is 33.2 Å². The summed E-state index contributed by atoms with van der Waals surface area (Å²) in [6.45, 7) is -0.176. The van der Waals surface area contributed by atoms with Crippen molar-refractivity contribution in [3.8, 4) is 40.2 Å². The van der Waals surface area contributed by atoms with Gasteiger partial charge >= 0.3 is 0 Å². The topological polar surface area (TPSA) is 93.7 Å². The normalized spacial score (nSPS) is 14.0. The molecule has 0 saturated carbocycles. The van der Waals surface area contributed by atoms with Crippen molar-refractivity contribution in [2.75, 3.05) is 47.5 Å². The van der Waals surface area contributed by atoms with Crippen molar-refractivity contribution in [3.63, 3.8) is 0 Å². The summed E-state index contributed by atoms with van der Waals surface area (Å²) in [5, 5.41) is 2.80. The minimum Gasteiger partial charge on any atom is -0.497 e. The number of ether oxygens (including phenoxy) is 7. The summed E-state index contributed by atoms with van der Waals surface area (Å²) in [7, 11) is 7.92. The standard InChI is InChI=1S/C28H31NO8/c1-31-19-8-6-18(7-9-19)29-27(30)16-36-20-14-23(32-2)21-10-11-22(37-24(21)15-20)17-12-25(33-3)28(35-5)26(13-17)34-4/h6-9,12-15,22H,10-11,16H2,1-5H3,(H,29,30). The molecule has 3 aromatic carbocycles. The third-order valence-corrected chi connectivity index (χ3v) is 6.09. The first kappa shape index (κ1) is 25.8. The van der Waals surface area contributed by atoms with Gasteiger partial charge in [0.25, 0.3) is 5.91 Å². The van der Waals surface area contributed by atoms with Crippen LogP contribution in [-0.4, -0.2) is 48.1 Å². The van der Waals surface area contributed by atoms with E-state index in [-0.39, 0.29) is 18.6 Å². The maximum atomic E-state index is 12.4. The van der Waals surface area contributed by atoms with Crippen molar-refractivity contribution < 1.29 is 38.0 Å². The predicted molar refractivity (Wildman–Crippen MR) is 138 cm³/mol. The monoisotopic (exact) mass is 509 g/mol. The second-order valence-electron chi connectivity index (χ2n) is 8.27. The van der Waals surface area contributed by atoms with Crippen LogP contribution in [0.15, 0.2) is 48.5 Å². The highest BCUT2D eigenvalue weighted by molar-refractivity contribution is 5.91. The molecule has 1 aliphatic rings. The number of carbonyl (C=O) groups excluding carboxylic acids is 1. The van der Waals surface area contributed by atoms with Crippen molar-refractivity contribution in [1.29, 1.82) is 0 Å². The minimum absolute atomic E-state index is 0.176. The molecule has 1 N–H and O–H groups in total. The maximum absolute atomic E-state index is 12.4. The van der Waals surface area contributed by atoms with Gasteiger partial charge in [0.2, 0.25) is 5.75 Å². The number of rotatable bonds is 10. The fourth-order valence-electron chi connectivity index (χ4n) is 4.24. The Morgan fingerprint density at radius 2 is 1.51 bits per heavy atom. The van der Waals surface area contributed by atoms with Crippen molar-refractivity contribution in [1.82, 2.24) is 0 Å². The number of hydrogen-bond acceptors (Lipinski definition) is 8. The van der Waals surface area contributed by atoms with Gasteiger partial charge in [-0.15, -0.1) is 0 Å². The number of hydrogen-bond donors (Lipinski definition) is 1. The van der Waals surface area contributed by atoms with Gasteiger partial charge in [-0.2, -0.15) is 0 Å². The van der Waals surface area contributed by atoms with Crippen LogP contribution in [0.25, 0.3) is 0 Å². The predicted octanol–water partition coefficient (Wildman–Crippen LogP) is 4.81. The van der Waals surface area contributed by atoms with Gasteiger partial charge in [0.1, 0.15) is 29.1 Å². The van der Waals surface area contributed by atoms with Crippen molar-refractivity contribution >= 4 is 11.6 Å². The summed E-state index contributed by atoms with van der Waals surface area (Å²) in [6.07, 6.45) is 1.21. The molecule has 4 rings (SSSR count). The van der Waals surface area contributed by atoms with E-state index < -0.39 is 0 Å². The fraction of sp³-hybridized carbons (Fsp3) is 0.321. The lowest BCUT2D eigenvalue weighted by Gasteiger charge is -2.29. The van der Waals surface area contributed by atoms with Crippen molar-refractivity contribution in [3.05, 3.63) is 59.7 Å². The van der Waals surface area contributed by atoms with Crippen LogP contribution in [0.4, 0.5) is 5.69 Å². The Hall–Kier alpha value is -4.27. The van der Waals surface area contributed by atoms with Crippen LogP contribution in [0.5, 0.6) is 40.2 Å². The molecule has 1 unspecified atom stereocenters. The summed E-state index contributed by atoms with van der Waals surface area (Å²) in [6, 6.07) is 14.4. The lowest BCUT2D eigenvalue weighted by atomic mass is 9.96. The van der Waals surface area contributed by atoms with Gasteiger partial charge in [0.15, 0.2) is 18.1 Å². The molecule has 0 bridgehead atoms. The molecule has 196 valence electrons. The molecule has 9 heteroatoms. The Balaban J connectivity index is 1.50. The molecule has 1 heterocycles. The van der Waals surface area contributed by atoms with Crippen LogP contribution in [0, 0.1) is 0 Å². The molecule has 0 aliphatic carbocycles. The van der Waals surface area contributed by atoms with Crippen LogP contribution in [0.1, 0.15) is 23.7 Å². The lowest BCUT2D eigenvalue weighted by Crippen LogP contribution is -2.20. The van der Waals surface area contributed by atoms with E-state index in [1.54, 1.807) is 71.9 Å². The highest BCUT2D eigenvalue weighted by atomic mass is 16.5. The van der Waals surface area contributed by atoms with Crippen LogP contribution in [-0.2, 0) is 11.2 Å². The summed E-state index contributed by atoms with van der Waals surface area (Å²) in [5.41, 5.74) is 2.49. The molecule has 37 heavy (non-hydrogen) atoms. The Morgan fingerprint density at radius 1 is 0.838 bits per heavy atom. The number of benzene rings is 3. The van der Waals surface area contributed by atoms with E-state index in [1.165, 1.54) is 0 Å². The SMILES string of the molecule is COc1ccc(NC(=O)COc2cc(OC)c3c(c2)OC(c2cc(OC)c(OC)c(OC)c2)CC3)cc1. The minimum atomic E-state index is -0.293. The average molecular weight is 510 g/mol. The first-order chi connectivity index (χ1) is 18.0. The van der Waals surface area contributed by atoms with E-state index in [1.807, 2.05) is 12.1 Å². The van der Waals surface area contributed by atoms with E-state index >= 15 is 0 Å². The molecule has 0 radical (unpaired) electrons. The van der Waals surface area contributed by atoms with E-state index in [2.05, 4.69) is 5.32 Å². The number of fused-ring (bicyclic) bond motifs is 1. The highest BCUT2D eigenvalue weighted by Crippen LogP contribution is 2.45. The molecular weight excluding hydrogens is 478 g/mol. The quantitative estimate of drug-likeness (QED) is 0.416. The molecule has 1 atom stereocenters. The molecule has 3 aromatic rings. The smallest absolute Gasteiger partial charge is 0.262 e. The van der Waals surface area contributed by atoms with Crippen molar-refractivity contribution in [2.45, 2.75) is 18.9 Å². The lowest BCUT2D eigenvalue weighted by molar-refractivity contribution is -0.118. The van der Waals surface area contributed by atoms with Gasteiger partial charge in [0, 0.05) is 23.4 Å². The first-order valence-corrected chi connectivity index (χ1v) is 11.7. The van der Waals surface area contributed by atoms with Crippen LogP contribution in [0.3, 0.4) is 0 Å². The number of nitrogens with one attached hydrogen (secondary N) is 1. The largest absolute Gasteiger partial charge is 0.497 e. The summed E-state index contributed by atoms with van der Waals surface area (Å²) >= 11 is 0. The van der Waals surface area contributed by atoms with Crippen molar-refractivity contribution in [2.24, 2.45) is 0 Å². The number of amides is 1. The van der Waals surface area contributed by atoms with Gasteiger partial charge < -0.3 is 38.5 Å². The summed E-state index contributed by atoms with van der Waals surface area (Å²) in [4.78, 5) is 12.4. The maximum Gasteiger partial charge on any atom is 0.262 e. The van der Waals surface area contributed by atoms with Crippen LogP contribution >= 0.6 is 0 Å². The average Bonchev–Trinajstić information content (AvgIpc) is 2.94. The zero-order valence-electron chi connectivity index (χ0n) is 21.6. The van der Waals surface area contributed by atoms with Gasteiger partial charge in [-0.25, -0.2) is 0 Å². The van der Waals surface area contributed by atoms with E-state index in [9.17, 15) is 4.79 Å². The van der Waals surface area contributed by atoms with Crippen LogP contribution in [0.2, 0.25) is 0 Å². The molecular formula is C28H31NO8. The third-order valence-electron chi connectivity index (χ3n) is 6.09. The van der Waals surface area contributed by atoms with Gasteiger partial charge in [-0.3, -0.25) is 4.79 Å². The molecule has 0 saturated heterocycles. The molecule has 9 nitrogen and oxygen atoms in total. The second kappa shape index (κ2) is 11.6. The van der Waals surface area contributed by atoms with E-state index in [0.29, 0.717) is 45.9 Å². The Morgan fingerprint density at radius 3 is 2.11 bits per heavy atom. The summed E-state index contributed by atoms with van der Waals surface area (Å²) < 4.78 is 39.3. The second-order valence-corrected chi connectivity index (χ2v) is 8.27. The fourth-order valence-corrected chi connectivity index (χ4v) is 4.24. The molecule has 0 spiro atoms. The Bertz CT molecular complexity index is 1220. The first-order valence-electron chi connectivity index (χ1n) is 11.7.